The third-order valence-electron chi connectivity index (χ3n) is 5.97. The first-order valence-corrected chi connectivity index (χ1v) is 11.0. The number of pyridine rings is 1. The number of anilines is 1. The summed E-state index contributed by atoms with van der Waals surface area (Å²) < 4.78 is 13.5. The van der Waals surface area contributed by atoms with E-state index < -0.39 is 0 Å². The van der Waals surface area contributed by atoms with Crippen LogP contribution < -0.4 is 4.90 Å². The summed E-state index contributed by atoms with van der Waals surface area (Å²) in [5.41, 5.74) is 4.74. The van der Waals surface area contributed by atoms with E-state index in [1.165, 1.54) is 18.5 Å². The molecular formula is C25H28FN5O. The highest BCUT2D eigenvalue weighted by atomic mass is 19.1. The zero-order chi connectivity index (χ0) is 22.5. The lowest BCUT2D eigenvalue weighted by Crippen LogP contribution is -2.40. The molecule has 6 nitrogen and oxygen atoms in total. The van der Waals surface area contributed by atoms with Gasteiger partial charge in [0, 0.05) is 74.1 Å². The number of halogens is 1. The molecule has 32 heavy (non-hydrogen) atoms. The van der Waals surface area contributed by atoms with Gasteiger partial charge in [0.25, 0.3) is 0 Å². The van der Waals surface area contributed by atoms with Gasteiger partial charge in [-0.25, -0.2) is 14.4 Å². The first kappa shape index (κ1) is 21.9. The lowest BCUT2D eigenvalue weighted by Gasteiger charge is -2.33. The van der Waals surface area contributed by atoms with Crippen LogP contribution in [0.3, 0.4) is 0 Å². The van der Waals surface area contributed by atoms with E-state index in [1.807, 2.05) is 35.9 Å². The van der Waals surface area contributed by atoms with Gasteiger partial charge in [-0.3, -0.25) is 9.78 Å². The van der Waals surface area contributed by atoms with Gasteiger partial charge in [0.2, 0.25) is 5.91 Å². The molecule has 1 aliphatic rings. The minimum absolute atomic E-state index is 0.127. The number of hydrogen-bond acceptors (Lipinski definition) is 5. The largest absolute Gasteiger partial charge is 0.374 e. The summed E-state index contributed by atoms with van der Waals surface area (Å²) in [5, 5.41) is 0. The Morgan fingerprint density at radius 1 is 1.19 bits per heavy atom. The third kappa shape index (κ3) is 5.28. The lowest BCUT2D eigenvalue weighted by molar-refractivity contribution is -0.132. The number of amides is 1. The molecule has 4 rings (SSSR count). The van der Waals surface area contributed by atoms with Crippen molar-refractivity contribution in [3.63, 3.8) is 0 Å². The molecule has 3 heterocycles. The zero-order valence-electron chi connectivity index (χ0n) is 18.5. The van der Waals surface area contributed by atoms with E-state index in [-0.39, 0.29) is 17.6 Å². The standard InChI is InChI=1S/C25H28FN5O/c1-18-11-20(21-14-27-17-28-15-21)12-24(29-18)19-5-4-9-31(16-19)25(32)8-10-30(2)23-7-3-6-22(26)13-23/h3,6-7,11-15,17,19H,4-5,8-10,16H2,1-2H3/t19-/m0/s1. The number of carbonyl (C=O) groups excluding carboxylic acids is 1. The minimum Gasteiger partial charge on any atom is -0.374 e. The van der Waals surface area contributed by atoms with Crippen molar-refractivity contribution in [3.8, 4) is 11.1 Å². The van der Waals surface area contributed by atoms with Gasteiger partial charge in [-0.2, -0.15) is 0 Å². The second kappa shape index (κ2) is 9.85. The van der Waals surface area contributed by atoms with Crippen LogP contribution in [0, 0.1) is 12.7 Å². The Labute approximate surface area is 188 Å². The smallest absolute Gasteiger partial charge is 0.224 e. The lowest BCUT2D eigenvalue weighted by atomic mass is 9.92. The average molecular weight is 434 g/mol. The second-order valence-electron chi connectivity index (χ2n) is 8.38. The van der Waals surface area contributed by atoms with Crippen LogP contribution in [-0.4, -0.2) is 52.4 Å². The van der Waals surface area contributed by atoms with Crippen LogP contribution in [0.25, 0.3) is 11.1 Å². The van der Waals surface area contributed by atoms with Gasteiger partial charge in [-0.05, 0) is 55.7 Å². The SMILES string of the molecule is Cc1cc(-c2cncnc2)cc([C@H]2CCCN(C(=O)CCN(C)c3cccc(F)c3)C2)n1. The Morgan fingerprint density at radius 2 is 2.00 bits per heavy atom. The number of nitrogens with zero attached hydrogens (tertiary/aromatic N) is 5. The predicted octanol–water partition coefficient (Wildman–Crippen LogP) is 4.22. The van der Waals surface area contributed by atoms with Crippen molar-refractivity contribution in [2.24, 2.45) is 0 Å². The normalized spacial score (nSPS) is 16.1. The fourth-order valence-corrected chi connectivity index (χ4v) is 4.23. The molecule has 0 aliphatic carbocycles. The van der Waals surface area contributed by atoms with E-state index in [4.69, 9.17) is 4.98 Å². The highest BCUT2D eigenvalue weighted by molar-refractivity contribution is 5.77. The molecule has 0 N–H and O–H groups in total. The Balaban J connectivity index is 1.41. The van der Waals surface area contributed by atoms with Crippen molar-refractivity contribution in [3.05, 3.63) is 72.3 Å². The van der Waals surface area contributed by atoms with Crippen molar-refractivity contribution in [1.82, 2.24) is 19.9 Å². The molecule has 1 aromatic carbocycles. The monoisotopic (exact) mass is 433 g/mol. The van der Waals surface area contributed by atoms with Crippen molar-refractivity contribution >= 4 is 11.6 Å². The quantitative estimate of drug-likeness (QED) is 0.583. The maximum atomic E-state index is 13.5. The summed E-state index contributed by atoms with van der Waals surface area (Å²) >= 11 is 0. The first-order chi connectivity index (χ1) is 15.5. The molecule has 1 amide bonds. The topological polar surface area (TPSA) is 62.2 Å². The van der Waals surface area contributed by atoms with Crippen LogP contribution in [0.1, 0.15) is 36.6 Å². The third-order valence-corrected chi connectivity index (χ3v) is 5.97. The second-order valence-corrected chi connectivity index (χ2v) is 8.38. The molecule has 1 aliphatic heterocycles. The molecule has 0 radical (unpaired) electrons. The van der Waals surface area contributed by atoms with Crippen LogP contribution in [0.2, 0.25) is 0 Å². The number of aromatic nitrogens is 3. The number of benzene rings is 1. The summed E-state index contributed by atoms with van der Waals surface area (Å²) in [6.45, 7) is 3.98. The Kier molecular flexibility index (Phi) is 6.73. The fourth-order valence-electron chi connectivity index (χ4n) is 4.23. The van der Waals surface area contributed by atoms with Crippen molar-refractivity contribution in [2.75, 3.05) is 31.6 Å². The molecule has 3 aromatic rings. The fraction of sp³-hybridized carbons (Fsp3) is 0.360. The van der Waals surface area contributed by atoms with E-state index in [0.29, 0.717) is 19.5 Å². The van der Waals surface area contributed by atoms with Gasteiger partial charge in [-0.1, -0.05) is 6.07 Å². The Morgan fingerprint density at radius 3 is 2.78 bits per heavy atom. The Bertz CT molecular complexity index is 1070. The van der Waals surface area contributed by atoms with Crippen molar-refractivity contribution in [2.45, 2.75) is 32.1 Å². The number of hydrogen-bond donors (Lipinski definition) is 0. The molecular weight excluding hydrogens is 405 g/mol. The molecule has 1 saturated heterocycles. The summed E-state index contributed by atoms with van der Waals surface area (Å²) in [6.07, 6.45) is 7.49. The maximum absolute atomic E-state index is 13.5. The van der Waals surface area contributed by atoms with Gasteiger partial charge in [0.15, 0.2) is 0 Å². The van der Waals surface area contributed by atoms with Crippen LogP contribution in [-0.2, 0) is 4.79 Å². The van der Waals surface area contributed by atoms with E-state index in [1.54, 1.807) is 18.5 Å². The maximum Gasteiger partial charge on any atom is 0.224 e. The number of piperidine rings is 1. The predicted molar refractivity (Wildman–Crippen MR) is 123 cm³/mol. The van der Waals surface area contributed by atoms with E-state index >= 15 is 0 Å². The number of aryl methyl sites for hydroxylation is 1. The highest BCUT2D eigenvalue weighted by Gasteiger charge is 2.26. The summed E-state index contributed by atoms with van der Waals surface area (Å²) in [4.78, 5) is 29.8. The van der Waals surface area contributed by atoms with E-state index in [0.717, 1.165) is 47.6 Å². The average Bonchev–Trinajstić information content (AvgIpc) is 2.82. The van der Waals surface area contributed by atoms with Crippen LogP contribution >= 0.6 is 0 Å². The van der Waals surface area contributed by atoms with Gasteiger partial charge in [0.1, 0.15) is 12.1 Å². The molecule has 1 atom stereocenters. The van der Waals surface area contributed by atoms with E-state index in [2.05, 4.69) is 16.0 Å². The summed E-state index contributed by atoms with van der Waals surface area (Å²) in [7, 11) is 1.88. The van der Waals surface area contributed by atoms with E-state index in [9.17, 15) is 9.18 Å². The van der Waals surface area contributed by atoms with Gasteiger partial charge < -0.3 is 9.80 Å². The van der Waals surface area contributed by atoms with Crippen LogP contribution in [0.15, 0.2) is 55.1 Å². The van der Waals surface area contributed by atoms with Crippen LogP contribution in [0.4, 0.5) is 10.1 Å². The van der Waals surface area contributed by atoms with Gasteiger partial charge in [0.05, 0.1) is 0 Å². The van der Waals surface area contributed by atoms with Gasteiger partial charge in [-0.15, -0.1) is 0 Å². The van der Waals surface area contributed by atoms with Gasteiger partial charge >= 0.3 is 0 Å². The summed E-state index contributed by atoms with van der Waals surface area (Å²) in [6, 6.07) is 10.6. The molecule has 0 bridgehead atoms. The molecule has 0 saturated carbocycles. The molecule has 7 heteroatoms. The summed E-state index contributed by atoms with van der Waals surface area (Å²) in [5.74, 6) is 0.0610. The Hall–Kier alpha value is -3.35. The number of rotatable bonds is 6. The molecule has 1 fully saturated rings. The van der Waals surface area contributed by atoms with Crippen LogP contribution in [0.5, 0.6) is 0 Å². The van der Waals surface area contributed by atoms with Crippen molar-refractivity contribution in [1.29, 1.82) is 0 Å². The number of likely N-dealkylation sites (tertiary alicyclic amines) is 1. The van der Waals surface area contributed by atoms with Crippen molar-refractivity contribution < 1.29 is 9.18 Å². The first-order valence-electron chi connectivity index (χ1n) is 11.0. The minimum atomic E-state index is -0.272. The highest BCUT2D eigenvalue weighted by Crippen LogP contribution is 2.29. The molecule has 0 spiro atoms. The molecule has 166 valence electrons. The molecule has 2 aromatic heterocycles. The number of carbonyl (C=O) groups is 1. The molecule has 0 unspecified atom stereocenters. The zero-order valence-corrected chi connectivity index (χ0v) is 18.5.